The van der Waals surface area contributed by atoms with Crippen LogP contribution in [0.2, 0.25) is 0 Å². The lowest BCUT2D eigenvalue weighted by Gasteiger charge is -2.28. The zero-order chi connectivity index (χ0) is 21.3. The largest absolute Gasteiger partial charge is 0.489 e. The van der Waals surface area contributed by atoms with Gasteiger partial charge < -0.3 is 25.6 Å². The number of piperazine rings is 1. The Hall–Kier alpha value is -3.22. The van der Waals surface area contributed by atoms with Crippen LogP contribution in [0.5, 0.6) is 5.75 Å². The number of carbonyl (C=O) groups is 1. The predicted molar refractivity (Wildman–Crippen MR) is 121 cm³/mol. The summed E-state index contributed by atoms with van der Waals surface area (Å²) < 4.78 is 6.00. The summed E-state index contributed by atoms with van der Waals surface area (Å²) >= 11 is 0. The first kappa shape index (κ1) is 21.5. The van der Waals surface area contributed by atoms with Crippen LogP contribution in [0.4, 0.5) is 5.69 Å². The van der Waals surface area contributed by atoms with Crippen LogP contribution >= 0.6 is 0 Å². The molecule has 0 aliphatic carbocycles. The molecule has 1 unspecified atom stereocenters. The van der Waals surface area contributed by atoms with Gasteiger partial charge >= 0.3 is 0 Å². The van der Waals surface area contributed by atoms with Gasteiger partial charge in [0, 0.05) is 32.4 Å². The van der Waals surface area contributed by atoms with Crippen molar-refractivity contribution >= 4 is 17.6 Å². The predicted octanol–water partition coefficient (Wildman–Crippen LogP) is 2.06. The van der Waals surface area contributed by atoms with Crippen molar-refractivity contribution in [2.75, 3.05) is 38.1 Å². The minimum Gasteiger partial charge on any atom is -0.489 e. The van der Waals surface area contributed by atoms with Gasteiger partial charge in [0.1, 0.15) is 11.9 Å². The van der Waals surface area contributed by atoms with E-state index in [1.54, 1.807) is 7.05 Å². The number of hydrogen-bond acceptors (Lipinski definition) is 4. The fourth-order valence-corrected chi connectivity index (χ4v) is 3.28. The first-order valence-corrected chi connectivity index (χ1v) is 10.3. The van der Waals surface area contributed by atoms with Crippen LogP contribution in [-0.2, 0) is 11.3 Å². The number of carbonyl (C=O) groups excluding carboxylic acids is 1. The number of ether oxygens (including phenoxy) is 1. The van der Waals surface area contributed by atoms with Gasteiger partial charge in [-0.3, -0.25) is 9.79 Å². The summed E-state index contributed by atoms with van der Waals surface area (Å²) in [7, 11) is 1.76. The Kier molecular flexibility index (Phi) is 7.54. The lowest BCUT2D eigenvalue weighted by atomic mass is 10.2. The molecule has 3 N–H and O–H groups in total. The number of aryl methyl sites for hydroxylation is 1. The second-order valence-corrected chi connectivity index (χ2v) is 7.44. The Morgan fingerprint density at radius 1 is 1.20 bits per heavy atom. The van der Waals surface area contributed by atoms with Gasteiger partial charge in [-0.25, -0.2) is 0 Å². The van der Waals surface area contributed by atoms with Gasteiger partial charge in [-0.2, -0.15) is 0 Å². The van der Waals surface area contributed by atoms with Gasteiger partial charge in [-0.15, -0.1) is 0 Å². The Morgan fingerprint density at radius 2 is 1.97 bits per heavy atom. The molecule has 0 spiro atoms. The molecule has 0 saturated carbocycles. The highest BCUT2D eigenvalue weighted by Crippen LogP contribution is 2.18. The maximum Gasteiger partial charge on any atom is 0.239 e. The molecular weight excluding hydrogens is 378 g/mol. The lowest BCUT2D eigenvalue weighted by molar-refractivity contribution is -0.120. The third-order valence-corrected chi connectivity index (χ3v) is 5.00. The Morgan fingerprint density at radius 3 is 2.67 bits per heavy atom. The molecule has 7 heteroatoms. The van der Waals surface area contributed by atoms with Crippen molar-refractivity contribution in [1.29, 1.82) is 0 Å². The normalized spacial score (nSPS) is 15.4. The zero-order valence-corrected chi connectivity index (χ0v) is 17.9. The topological polar surface area (TPSA) is 78.0 Å². The fraction of sp³-hybridized carbons (Fsp3) is 0.391. The molecule has 1 fully saturated rings. The number of guanidine groups is 1. The minimum absolute atomic E-state index is 0.00526. The van der Waals surface area contributed by atoms with Gasteiger partial charge in [0.25, 0.3) is 0 Å². The van der Waals surface area contributed by atoms with Crippen molar-refractivity contribution in [2.45, 2.75) is 26.5 Å². The third-order valence-electron chi connectivity index (χ3n) is 5.00. The van der Waals surface area contributed by atoms with Gasteiger partial charge in [-0.1, -0.05) is 30.3 Å². The smallest absolute Gasteiger partial charge is 0.239 e. The number of rotatable bonds is 7. The molecule has 2 aromatic rings. The van der Waals surface area contributed by atoms with E-state index in [-0.39, 0.29) is 12.0 Å². The first-order valence-electron chi connectivity index (χ1n) is 10.3. The highest BCUT2D eigenvalue weighted by Gasteiger charge is 2.16. The second kappa shape index (κ2) is 10.5. The van der Waals surface area contributed by atoms with E-state index in [1.807, 2.05) is 38.1 Å². The van der Waals surface area contributed by atoms with E-state index < -0.39 is 0 Å². The Bertz CT molecular complexity index is 866. The van der Waals surface area contributed by atoms with E-state index in [9.17, 15) is 4.79 Å². The monoisotopic (exact) mass is 409 g/mol. The molecule has 1 amide bonds. The maximum atomic E-state index is 11.6. The average molecular weight is 410 g/mol. The molecule has 30 heavy (non-hydrogen) atoms. The highest BCUT2D eigenvalue weighted by atomic mass is 16.5. The molecule has 1 heterocycles. The standard InChI is InChI=1S/C23H31N5O2/c1-17-6-4-5-7-21(17)30-18(2)14-26-23(24-3)27-15-19-8-10-20(11-9-19)28-13-12-25-22(29)16-28/h4-11,18H,12-16H2,1-3H3,(H,25,29)(H2,24,26,27). The number of benzene rings is 2. The Balaban J connectivity index is 1.44. The summed E-state index contributed by atoms with van der Waals surface area (Å²) in [6, 6.07) is 16.3. The summed E-state index contributed by atoms with van der Waals surface area (Å²) in [6.07, 6.45) is 0.00526. The number of nitrogens with zero attached hydrogens (tertiary/aromatic N) is 2. The van der Waals surface area contributed by atoms with Crippen molar-refractivity contribution in [3.63, 3.8) is 0 Å². The highest BCUT2D eigenvalue weighted by molar-refractivity contribution is 5.82. The summed E-state index contributed by atoms with van der Waals surface area (Å²) in [6.45, 7) is 7.32. The molecular formula is C23H31N5O2. The average Bonchev–Trinajstić information content (AvgIpc) is 2.76. The number of hydrogen-bond donors (Lipinski definition) is 3. The molecule has 1 aliphatic heterocycles. The minimum atomic E-state index is 0.00526. The summed E-state index contributed by atoms with van der Waals surface area (Å²) in [5, 5.41) is 9.48. The number of aliphatic imine (C=N–C) groups is 1. The molecule has 160 valence electrons. The van der Waals surface area contributed by atoms with E-state index in [4.69, 9.17) is 4.74 Å². The summed E-state index contributed by atoms with van der Waals surface area (Å²) in [5.74, 6) is 1.70. The third kappa shape index (κ3) is 6.14. The SMILES string of the molecule is CN=C(NCc1ccc(N2CCNC(=O)C2)cc1)NCC(C)Oc1ccccc1C. The molecule has 1 aliphatic rings. The molecule has 0 aromatic heterocycles. The van der Waals surface area contributed by atoms with E-state index in [2.05, 4.69) is 50.1 Å². The molecule has 3 rings (SSSR count). The van der Waals surface area contributed by atoms with Crippen LogP contribution < -0.4 is 25.6 Å². The second-order valence-electron chi connectivity index (χ2n) is 7.44. The lowest BCUT2D eigenvalue weighted by Crippen LogP contribution is -2.47. The number of amides is 1. The van der Waals surface area contributed by atoms with E-state index in [0.29, 0.717) is 26.2 Å². The van der Waals surface area contributed by atoms with Crippen molar-refractivity contribution in [1.82, 2.24) is 16.0 Å². The van der Waals surface area contributed by atoms with Crippen LogP contribution in [0.3, 0.4) is 0 Å². The van der Waals surface area contributed by atoms with Crippen molar-refractivity contribution in [3.8, 4) is 5.75 Å². The summed E-state index contributed by atoms with van der Waals surface area (Å²) in [4.78, 5) is 17.9. The Labute approximate surface area is 178 Å². The molecule has 7 nitrogen and oxygen atoms in total. The quantitative estimate of drug-likeness (QED) is 0.482. The van der Waals surface area contributed by atoms with Crippen molar-refractivity contribution in [2.24, 2.45) is 4.99 Å². The summed E-state index contributed by atoms with van der Waals surface area (Å²) in [5.41, 5.74) is 3.34. The molecule has 1 saturated heterocycles. The fourth-order valence-electron chi connectivity index (χ4n) is 3.28. The first-order chi connectivity index (χ1) is 14.5. The molecule has 1 atom stereocenters. The van der Waals surface area contributed by atoms with Crippen LogP contribution in [-0.4, -0.2) is 51.2 Å². The van der Waals surface area contributed by atoms with Crippen LogP contribution in [0.25, 0.3) is 0 Å². The van der Waals surface area contributed by atoms with Crippen molar-refractivity contribution in [3.05, 3.63) is 59.7 Å². The molecule has 0 radical (unpaired) electrons. The van der Waals surface area contributed by atoms with Crippen LogP contribution in [0, 0.1) is 6.92 Å². The van der Waals surface area contributed by atoms with Gasteiger partial charge in [0.05, 0.1) is 13.1 Å². The van der Waals surface area contributed by atoms with E-state index in [0.717, 1.165) is 35.1 Å². The number of nitrogens with one attached hydrogen (secondary N) is 3. The van der Waals surface area contributed by atoms with E-state index in [1.165, 1.54) is 0 Å². The maximum absolute atomic E-state index is 11.6. The van der Waals surface area contributed by atoms with Gasteiger partial charge in [-0.05, 0) is 43.2 Å². The number of anilines is 1. The molecule has 0 bridgehead atoms. The van der Waals surface area contributed by atoms with Crippen LogP contribution in [0.15, 0.2) is 53.5 Å². The van der Waals surface area contributed by atoms with Crippen molar-refractivity contribution < 1.29 is 9.53 Å². The van der Waals surface area contributed by atoms with Gasteiger partial charge in [0.2, 0.25) is 5.91 Å². The molecule has 2 aromatic carbocycles. The van der Waals surface area contributed by atoms with Crippen LogP contribution in [0.1, 0.15) is 18.1 Å². The number of para-hydroxylation sites is 1. The van der Waals surface area contributed by atoms with Gasteiger partial charge in [0.15, 0.2) is 5.96 Å². The van der Waals surface area contributed by atoms with E-state index >= 15 is 0 Å². The zero-order valence-electron chi connectivity index (χ0n) is 17.9.